The number of hydrogen-bond acceptors (Lipinski definition) is 1. The SMILES string of the molecule is CC1(C)c2cc(-n3c4ccc(-c5ccc(-c6ccccc6)cc5)cc4c4cc(-c5ccc(-c6ccccc6)cc5)ccc43)ccc2-c2c1ccc1c2sc2ccccc21. The van der Waals surface area contributed by atoms with Crippen LogP contribution in [0.3, 0.4) is 0 Å². The zero-order chi connectivity index (χ0) is 39.2. The van der Waals surface area contributed by atoms with Crippen molar-refractivity contribution in [3.63, 3.8) is 0 Å². The Bertz CT molecular complexity index is 3280. The lowest BCUT2D eigenvalue weighted by atomic mass is 9.82. The normalized spacial score (nSPS) is 13.1. The van der Waals surface area contributed by atoms with Gasteiger partial charge in [0, 0.05) is 47.6 Å². The van der Waals surface area contributed by atoms with E-state index in [9.17, 15) is 0 Å². The van der Waals surface area contributed by atoms with Crippen molar-refractivity contribution in [2.45, 2.75) is 19.3 Å². The molecular weight excluding hydrogens is 731 g/mol. The van der Waals surface area contributed by atoms with E-state index in [0.29, 0.717) is 0 Å². The predicted octanol–water partition coefficient (Wildman–Crippen LogP) is 16.1. The molecule has 278 valence electrons. The third-order valence-electron chi connectivity index (χ3n) is 12.8. The van der Waals surface area contributed by atoms with Crippen LogP contribution in [0, 0.1) is 0 Å². The second kappa shape index (κ2) is 13.0. The second-order valence-corrected chi connectivity index (χ2v) is 17.6. The Labute approximate surface area is 348 Å². The van der Waals surface area contributed by atoms with Crippen molar-refractivity contribution in [1.29, 1.82) is 0 Å². The number of benzene rings is 9. The molecule has 0 aliphatic heterocycles. The topological polar surface area (TPSA) is 4.93 Å². The summed E-state index contributed by atoms with van der Waals surface area (Å²) in [5.74, 6) is 0. The van der Waals surface area contributed by atoms with Crippen molar-refractivity contribution >= 4 is 53.3 Å². The van der Waals surface area contributed by atoms with Crippen LogP contribution in [0.4, 0.5) is 0 Å². The zero-order valence-electron chi connectivity index (χ0n) is 32.9. The summed E-state index contributed by atoms with van der Waals surface area (Å²) >= 11 is 1.93. The highest BCUT2D eigenvalue weighted by molar-refractivity contribution is 7.26. The number of rotatable bonds is 5. The van der Waals surface area contributed by atoms with Crippen LogP contribution in [0.15, 0.2) is 200 Å². The van der Waals surface area contributed by atoms with Crippen LogP contribution in [0.2, 0.25) is 0 Å². The van der Waals surface area contributed by atoms with Gasteiger partial charge in [0.15, 0.2) is 0 Å². The van der Waals surface area contributed by atoms with E-state index in [1.54, 1.807) is 0 Å². The molecule has 0 bridgehead atoms. The Morgan fingerprint density at radius 1 is 0.373 bits per heavy atom. The minimum Gasteiger partial charge on any atom is -0.309 e. The van der Waals surface area contributed by atoms with E-state index in [1.165, 1.54) is 114 Å². The largest absolute Gasteiger partial charge is 0.309 e. The smallest absolute Gasteiger partial charge is 0.0541 e. The molecule has 0 saturated carbocycles. The van der Waals surface area contributed by atoms with Gasteiger partial charge in [0.25, 0.3) is 0 Å². The molecule has 2 aromatic heterocycles. The highest BCUT2D eigenvalue weighted by atomic mass is 32.1. The fourth-order valence-electron chi connectivity index (χ4n) is 9.76. The molecule has 0 saturated heterocycles. The third kappa shape index (κ3) is 5.30. The van der Waals surface area contributed by atoms with Crippen LogP contribution in [0.1, 0.15) is 25.0 Å². The Hall–Kier alpha value is -7.00. The number of nitrogens with zero attached hydrogens (tertiary/aromatic N) is 1. The van der Waals surface area contributed by atoms with E-state index in [1.807, 2.05) is 11.3 Å². The van der Waals surface area contributed by atoms with Crippen molar-refractivity contribution in [1.82, 2.24) is 4.57 Å². The lowest BCUT2D eigenvalue weighted by molar-refractivity contribution is 0.660. The zero-order valence-corrected chi connectivity index (χ0v) is 33.7. The fraction of sp³-hybridized carbons (Fsp3) is 0.0526. The number of thiophene rings is 1. The fourth-order valence-corrected chi connectivity index (χ4v) is 11.0. The van der Waals surface area contributed by atoms with Gasteiger partial charge in [0.2, 0.25) is 0 Å². The Balaban J connectivity index is 1.02. The third-order valence-corrected chi connectivity index (χ3v) is 14.0. The molecule has 9 aromatic carbocycles. The van der Waals surface area contributed by atoms with Gasteiger partial charge >= 0.3 is 0 Å². The monoisotopic (exact) mass is 769 g/mol. The number of fused-ring (bicyclic) bond motifs is 10. The highest BCUT2D eigenvalue weighted by Crippen LogP contribution is 2.54. The van der Waals surface area contributed by atoms with Gasteiger partial charge in [-0.2, -0.15) is 0 Å². The summed E-state index contributed by atoms with van der Waals surface area (Å²) in [6, 6.07) is 74.1. The first-order valence-electron chi connectivity index (χ1n) is 20.5. The maximum absolute atomic E-state index is 2.49. The molecule has 0 spiro atoms. The van der Waals surface area contributed by atoms with E-state index < -0.39 is 0 Å². The summed E-state index contributed by atoms with van der Waals surface area (Å²) in [5.41, 5.74) is 18.8. The van der Waals surface area contributed by atoms with Crippen molar-refractivity contribution in [3.8, 4) is 61.3 Å². The number of hydrogen-bond donors (Lipinski definition) is 0. The van der Waals surface area contributed by atoms with Gasteiger partial charge in [0.05, 0.1) is 11.0 Å². The van der Waals surface area contributed by atoms with Gasteiger partial charge in [-0.25, -0.2) is 0 Å². The average Bonchev–Trinajstić information content (AvgIpc) is 3.91. The molecule has 0 N–H and O–H groups in total. The summed E-state index contributed by atoms with van der Waals surface area (Å²) in [5, 5.41) is 5.21. The molecule has 0 atom stereocenters. The van der Waals surface area contributed by atoms with Crippen LogP contribution in [0.5, 0.6) is 0 Å². The molecule has 0 radical (unpaired) electrons. The summed E-state index contributed by atoms with van der Waals surface area (Å²) in [6.07, 6.45) is 0. The molecule has 1 aliphatic rings. The van der Waals surface area contributed by atoms with Crippen molar-refractivity contribution in [2.24, 2.45) is 0 Å². The molecule has 59 heavy (non-hydrogen) atoms. The Kier molecular flexibility index (Phi) is 7.51. The van der Waals surface area contributed by atoms with Gasteiger partial charge in [-0.15, -0.1) is 11.3 Å². The van der Waals surface area contributed by atoms with Gasteiger partial charge in [-0.1, -0.05) is 172 Å². The Morgan fingerprint density at radius 3 is 1.44 bits per heavy atom. The lowest BCUT2D eigenvalue weighted by Gasteiger charge is -2.22. The highest BCUT2D eigenvalue weighted by Gasteiger charge is 2.37. The van der Waals surface area contributed by atoms with Crippen LogP contribution in [0.25, 0.3) is 103 Å². The van der Waals surface area contributed by atoms with Gasteiger partial charge in [-0.3, -0.25) is 0 Å². The van der Waals surface area contributed by atoms with Crippen LogP contribution < -0.4 is 0 Å². The summed E-state index contributed by atoms with van der Waals surface area (Å²) in [6.45, 7) is 4.80. The molecular formula is C57H39NS. The van der Waals surface area contributed by atoms with Gasteiger partial charge in [0.1, 0.15) is 0 Å². The first-order chi connectivity index (χ1) is 29.0. The average molecular weight is 770 g/mol. The van der Waals surface area contributed by atoms with Crippen molar-refractivity contribution in [2.75, 3.05) is 0 Å². The van der Waals surface area contributed by atoms with Crippen LogP contribution in [-0.2, 0) is 5.41 Å². The lowest BCUT2D eigenvalue weighted by Crippen LogP contribution is -2.15. The quantitative estimate of drug-likeness (QED) is 0.164. The van der Waals surface area contributed by atoms with E-state index >= 15 is 0 Å². The molecule has 0 unspecified atom stereocenters. The van der Waals surface area contributed by atoms with E-state index in [2.05, 4.69) is 219 Å². The summed E-state index contributed by atoms with van der Waals surface area (Å²) < 4.78 is 5.24. The second-order valence-electron chi connectivity index (χ2n) is 16.5. The molecule has 11 aromatic rings. The molecule has 12 rings (SSSR count). The van der Waals surface area contributed by atoms with Crippen LogP contribution >= 0.6 is 11.3 Å². The van der Waals surface area contributed by atoms with Crippen LogP contribution in [-0.4, -0.2) is 4.57 Å². The van der Waals surface area contributed by atoms with Crippen molar-refractivity contribution in [3.05, 3.63) is 211 Å². The maximum Gasteiger partial charge on any atom is 0.0541 e. The maximum atomic E-state index is 2.49. The number of aromatic nitrogens is 1. The minimum absolute atomic E-state index is 0.137. The molecule has 2 heteroatoms. The molecule has 0 amide bonds. The van der Waals surface area contributed by atoms with Gasteiger partial charge < -0.3 is 4.57 Å². The van der Waals surface area contributed by atoms with E-state index in [0.717, 1.165) is 0 Å². The summed E-state index contributed by atoms with van der Waals surface area (Å²) in [7, 11) is 0. The molecule has 1 nitrogen and oxygen atoms in total. The summed E-state index contributed by atoms with van der Waals surface area (Å²) in [4.78, 5) is 0. The molecule has 1 aliphatic carbocycles. The minimum atomic E-state index is -0.137. The standard InChI is InChI=1S/C57H39NS/c1-57(2)50-30-29-46-45-15-9-10-16-54(45)59-56(46)55(50)47-28-27-44(35-51(47)57)58-52-31-25-42(40-21-17-38(18-22-40)36-11-5-3-6-12-36)33-48(52)49-34-43(26-32-53(49)58)41-23-19-39(20-24-41)37-13-7-4-8-14-37/h3-35H,1-2H3. The van der Waals surface area contributed by atoms with E-state index in [-0.39, 0.29) is 5.41 Å². The first-order valence-corrected chi connectivity index (χ1v) is 21.3. The van der Waals surface area contributed by atoms with Gasteiger partial charge in [-0.05, 0) is 104 Å². The molecule has 0 fully saturated rings. The predicted molar refractivity (Wildman–Crippen MR) is 253 cm³/mol. The first kappa shape index (κ1) is 34.1. The molecule has 2 heterocycles. The van der Waals surface area contributed by atoms with Crippen molar-refractivity contribution < 1.29 is 0 Å². The van der Waals surface area contributed by atoms with E-state index in [4.69, 9.17) is 0 Å². The Morgan fingerprint density at radius 2 is 0.864 bits per heavy atom.